The van der Waals surface area contributed by atoms with Gasteiger partial charge in [-0.1, -0.05) is 59.3 Å². The Morgan fingerprint density at radius 3 is 0.750 bits per heavy atom. The standard InChI is InChI=1S/3C4H9O.Nb/c3*1-2-3-4-5;/h3*2-4H2,1H3;/q3*-1;+3. The molecule has 3 nitrogen and oxygen atoms in total. The minimum atomic E-state index is 0. The zero-order valence-corrected chi connectivity index (χ0v) is 13.2. The molecule has 0 amide bonds. The van der Waals surface area contributed by atoms with E-state index in [1.54, 1.807) is 0 Å². The molecular formula is C12H27NbO3. The van der Waals surface area contributed by atoms with E-state index < -0.39 is 0 Å². The van der Waals surface area contributed by atoms with Gasteiger partial charge in [-0.05, 0) is 0 Å². The molecule has 0 aromatic heterocycles. The SMILES string of the molecule is CCCC[O-].CCCC[O-].CCCC[O-].[Nb+3]. The summed E-state index contributed by atoms with van der Waals surface area (Å²) in [5.41, 5.74) is 0. The van der Waals surface area contributed by atoms with Crippen LogP contribution in [0.15, 0.2) is 0 Å². The fourth-order valence-corrected chi connectivity index (χ4v) is 0.433. The average molecular weight is 312 g/mol. The minimum absolute atomic E-state index is 0. The third-order valence-electron chi connectivity index (χ3n) is 1.49. The van der Waals surface area contributed by atoms with Crippen molar-refractivity contribution < 1.29 is 37.7 Å². The Labute approximate surface area is 117 Å². The zero-order valence-electron chi connectivity index (χ0n) is 11.0. The Bertz CT molecular complexity index is 53.0. The van der Waals surface area contributed by atoms with E-state index in [0.717, 1.165) is 38.5 Å². The molecule has 0 N–H and O–H groups in total. The summed E-state index contributed by atoms with van der Waals surface area (Å²) in [6.07, 6.45) is 5.59. The monoisotopic (exact) mass is 312 g/mol. The summed E-state index contributed by atoms with van der Waals surface area (Å²) in [4.78, 5) is 0. The summed E-state index contributed by atoms with van der Waals surface area (Å²) in [6.45, 7) is 6.32. The normalized spacial score (nSPS) is 7.88. The van der Waals surface area contributed by atoms with E-state index in [1.807, 2.05) is 20.8 Å². The molecule has 0 fully saturated rings. The van der Waals surface area contributed by atoms with Crippen LogP contribution in [0.5, 0.6) is 0 Å². The second-order valence-electron chi connectivity index (χ2n) is 3.17. The van der Waals surface area contributed by atoms with E-state index in [0.29, 0.717) is 0 Å². The molecule has 0 radical (unpaired) electrons. The molecule has 0 aliphatic carbocycles. The molecule has 16 heavy (non-hydrogen) atoms. The van der Waals surface area contributed by atoms with Crippen LogP contribution in [0.25, 0.3) is 0 Å². The second kappa shape index (κ2) is 36.1. The van der Waals surface area contributed by atoms with Crippen molar-refractivity contribution in [2.24, 2.45) is 0 Å². The van der Waals surface area contributed by atoms with Crippen molar-refractivity contribution >= 4 is 0 Å². The largest absolute Gasteiger partial charge is 3.00 e. The quantitative estimate of drug-likeness (QED) is 0.668. The molecule has 0 saturated heterocycles. The van der Waals surface area contributed by atoms with Gasteiger partial charge in [-0.15, -0.1) is 19.8 Å². The first-order valence-electron chi connectivity index (χ1n) is 5.99. The van der Waals surface area contributed by atoms with Gasteiger partial charge in [-0.2, -0.15) is 0 Å². The molecule has 0 heterocycles. The maximum absolute atomic E-state index is 9.53. The van der Waals surface area contributed by atoms with Crippen LogP contribution in [-0.4, -0.2) is 19.8 Å². The molecular weight excluding hydrogens is 285 g/mol. The predicted molar refractivity (Wildman–Crippen MR) is 59.3 cm³/mol. The van der Waals surface area contributed by atoms with Gasteiger partial charge in [0.15, 0.2) is 0 Å². The van der Waals surface area contributed by atoms with E-state index in [2.05, 4.69) is 0 Å². The van der Waals surface area contributed by atoms with Gasteiger partial charge in [0.25, 0.3) is 0 Å². The van der Waals surface area contributed by atoms with Crippen molar-refractivity contribution in [1.82, 2.24) is 0 Å². The van der Waals surface area contributed by atoms with Gasteiger partial charge in [-0.3, -0.25) is 0 Å². The predicted octanol–water partition coefficient (Wildman–Crippen LogP) is 0.438. The number of rotatable bonds is 6. The van der Waals surface area contributed by atoms with Crippen LogP contribution < -0.4 is 15.3 Å². The first-order chi connectivity index (χ1) is 7.24. The maximum Gasteiger partial charge on any atom is 3.00 e. The van der Waals surface area contributed by atoms with Gasteiger partial charge in [0.05, 0.1) is 0 Å². The van der Waals surface area contributed by atoms with E-state index in [9.17, 15) is 15.3 Å². The summed E-state index contributed by atoms with van der Waals surface area (Å²) >= 11 is 0. The van der Waals surface area contributed by atoms with Gasteiger partial charge < -0.3 is 15.3 Å². The van der Waals surface area contributed by atoms with E-state index in [1.165, 1.54) is 0 Å². The first-order valence-corrected chi connectivity index (χ1v) is 5.99. The fraction of sp³-hybridized carbons (Fsp3) is 1.00. The Balaban J connectivity index is -0.0000000655. The minimum Gasteiger partial charge on any atom is -0.854 e. The Morgan fingerprint density at radius 1 is 0.562 bits per heavy atom. The number of unbranched alkanes of at least 4 members (excludes halogenated alkanes) is 3. The van der Waals surface area contributed by atoms with Crippen molar-refractivity contribution in [2.75, 3.05) is 19.8 Å². The summed E-state index contributed by atoms with van der Waals surface area (Å²) < 4.78 is 0. The first kappa shape index (κ1) is 25.5. The topological polar surface area (TPSA) is 69.2 Å². The number of hydrogen-bond acceptors (Lipinski definition) is 3. The number of hydrogen-bond donors (Lipinski definition) is 0. The third-order valence-corrected chi connectivity index (χ3v) is 1.49. The van der Waals surface area contributed by atoms with Gasteiger partial charge in [0.1, 0.15) is 0 Å². The van der Waals surface area contributed by atoms with Gasteiger partial charge in [0.2, 0.25) is 0 Å². The molecule has 0 aliphatic heterocycles. The third kappa shape index (κ3) is 61.9. The van der Waals surface area contributed by atoms with Crippen LogP contribution in [0.3, 0.4) is 0 Å². The van der Waals surface area contributed by atoms with Crippen LogP contribution in [0.2, 0.25) is 0 Å². The Kier molecular flexibility index (Phi) is 57.4. The van der Waals surface area contributed by atoms with Crippen LogP contribution in [0.1, 0.15) is 59.3 Å². The summed E-state index contributed by atoms with van der Waals surface area (Å²) in [5.74, 6) is 0. The van der Waals surface area contributed by atoms with Crippen LogP contribution in [-0.2, 0) is 22.4 Å². The fourth-order valence-electron chi connectivity index (χ4n) is 0.433. The molecule has 0 aliphatic rings. The molecule has 0 saturated carbocycles. The van der Waals surface area contributed by atoms with Crippen LogP contribution in [0.4, 0.5) is 0 Å². The van der Waals surface area contributed by atoms with Crippen LogP contribution >= 0.6 is 0 Å². The maximum atomic E-state index is 9.53. The summed E-state index contributed by atoms with van der Waals surface area (Å²) in [5, 5.41) is 28.6. The zero-order chi connectivity index (χ0) is 12.4. The van der Waals surface area contributed by atoms with Crippen molar-refractivity contribution in [3.63, 3.8) is 0 Å². The van der Waals surface area contributed by atoms with Crippen molar-refractivity contribution in [3.8, 4) is 0 Å². The Morgan fingerprint density at radius 2 is 0.750 bits per heavy atom. The van der Waals surface area contributed by atoms with Crippen LogP contribution in [0, 0.1) is 0 Å². The molecule has 0 spiro atoms. The summed E-state index contributed by atoms with van der Waals surface area (Å²) in [6, 6.07) is 0. The summed E-state index contributed by atoms with van der Waals surface area (Å²) in [7, 11) is 0. The molecule has 4 heteroatoms. The molecule has 0 atom stereocenters. The van der Waals surface area contributed by atoms with E-state index in [4.69, 9.17) is 0 Å². The van der Waals surface area contributed by atoms with Crippen molar-refractivity contribution in [1.29, 1.82) is 0 Å². The van der Waals surface area contributed by atoms with E-state index >= 15 is 0 Å². The van der Waals surface area contributed by atoms with Gasteiger partial charge in [0, 0.05) is 0 Å². The average Bonchev–Trinajstić information content (AvgIpc) is 2.23. The van der Waals surface area contributed by atoms with Crippen molar-refractivity contribution in [3.05, 3.63) is 0 Å². The molecule has 0 aromatic rings. The second-order valence-corrected chi connectivity index (χ2v) is 3.17. The molecule has 0 unspecified atom stereocenters. The molecule has 0 bridgehead atoms. The molecule has 98 valence electrons. The Hall–Kier alpha value is 0.620. The van der Waals surface area contributed by atoms with Crippen molar-refractivity contribution in [2.45, 2.75) is 59.3 Å². The van der Waals surface area contributed by atoms with Gasteiger partial charge >= 0.3 is 22.4 Å². The molecule has 0 rings (SSSR count). The van der Waals surface area contributed by atoms with Gasteiger partial charge in [-0.25, -0.2) is 0 Å². The smallest absolute Gasteiger partial charge is 0.854 e. The van der Waals surface area contributed by atoms with E-state index in [-0.39, 0.29) is 42.2 Å². The molecule has 0 aromatic carbocycles.